The van der Waals surface area contributed by atoms with E-state index in [1.54, 1.807) is 20.8 Å². The van der Waals surface area contributed by atoms with Crippen LogP contribution in [0.4, 0.5) is 14.9 Å². The van der Waals surface area contributed by atoms with Gasteiger partial charge in [0, 0.05) is 17.6 Å². The van der Waals surface area contributed by atoms with Crippen molar-refractivity contribution in [1.82, 2.24) is 15.5 Å². The first kappa shape index (κ1) is 31.5. The number of nitrogens with zero attached hydrogens (tertiary/aromatic N) is 2. The van der Waals surface area contributed by atoms with Crippen LogP contribution < -0.4 is 10.6 Å². The molecule has 1 fully saturated rings. The number of imide groups is 1. The van der Waals surface area contributed by atoms with E-state index in [-0.39, 0.29) is 29.1 Å². The first-order chi connectivity index (χ1) is 19.2. The molecule has 1 heterocycles. The van der Waals surface area contributed by atoms with Crippen molar-refractivity contribution in [3.63, 3.8) is 0 Å². The molecule has 0 aromatic heterocycles. The number of amides is 4. The van der Waals surface area contributed by atoms with Crippen LogP contribution in [0.5, 0.6) is 0 Å². The van der Waals surface area contributed by atoms with Gasteiger partial charge in [0.15, 0.2) is 0 Å². The number of esters is 1. The van der Waals surface area contributed by atoms with E-state index in [1.807, 2.05) is 6.92 Å². The van der Waals surface area contributed by atoms with Gasteiger partial charge in [-0.1, -0.05) is 31.0 Å². The van der Waals surface area contributed by atoms with Crippen LogP contribution in [0, 0.1) is 21.8 Å². The lowest BCUT2D eigenvalue weighted by Gasteiger charge is -2.26. The molecule has 13 heteroatoms. The third-order valence-electron chi connectivity index (χ3n) is 6.30. The van der Waals surface area contributed by atoms with Crippen molar-refractivity contribution in [3.8, 4) is 0 Å². The number of rotatable bonds is 8. The van der Waals surface area contributed by atoms with Crippen LogP contribution in [0.3, 0.4) is 0 Å². The fraction of sp³-hybridized carbons (Fsp3) is 0.429. The number of ether oxygens (including phenoxy) is 1. The Kier molecular flexibility index (Phi) is 10.0. The highest BCUT2D eigenvalue weighted by Gasteiger charge is 2.35. The van der Waals surface area contributed by atoms with Gasteiger partial charge in [-0.3, -0.25) is 24.6 Å². The maximum atomic E-state index is 14.4. The Morgan fingerprint density at radius 2 is 1.95 bits per heavy atom. The number of carbonyl (C=O) groups is 4. The van der Waals surface area contributed by atoms with Gasteiger partial charge in [0.2, 0.25) is 11.8 Å². The molecule has 220 valence electrons. The molecule has 11 nitrogen and oxygen atoms in total. The molecule has 2 N–H and O–H groups in total. The van der Waals surface area contributed by atoms with Gasteiger partial charge in [-0.05, 0) is 69.0 Å². The number of nitro groups is 1. The van der Waals surface area contributed by atoms with Crippen molar-refractivity contribution in [2.75, 3.05) is 13.1 Å². The lowest BCUT2D eigenvalue weighted by Crippen LogP contribution is -2.48. The van der Waals surface area contributed by atoms with E-state index >= 15 is 0 Å². The summed E-state index contributed by atoms with van der Waals surface area (Å²) >= 11 is 5.97. The molecule has 41 heavy (non-hydrogen) atoms. The number of halogens is 2. The number of hydrogen-bond donors (Lipinski definition) is 2. The molecule has 0 unspecified atom stereocenters. The molecule has 1 aliphatic rings. The monoisotopic (exact) mass is 590 g/mol. The van der Waals surface area contributed by atoms with Gasteiger partial charge in [0.25, 0.3) is 5.69 Å². The van der Waals surface area contributed by atoms with Gasteiger partial charge in [0.05, 0.1) is 16.9 Å². The van der Waals surface area contributed by atoms with Crippen LogP contribution in [0.2, 0.25) is 5.02 Å². The molecule has 1 aliphatic heterocycles. The molecule has 0 spiro atoms. The van der Waals surface area contributed by atoms with Crippen molar-refractivity contribution < 1.29 is 33.2 Å². The smallest absolute Gasteiger partial charge is 0.345 e. The number of urea groups is 1. The summed E-state index contributed by atoms with van der Waals surface area (Å²) in [6, 6.07) is 6.15. The Bertz CT molecular complexity index is 1360. The fourth-order valence-electron chi connectivity index (χ4n) is 4.38. The summed E-state index contributed by atoms with van der Waals surface area (Å²) < 4.78 is 19.6. The third-order valence-corrected chi connectivity index (χ3v) is 6.53. The Hall–Kier alpha value is -4.06. The zero-order chi connectivity index (χ0) is 30.5. The molecule has 1 saturated heterocycles. The summed E-state index contributed by atoms with van der Waals surface area (Å²) in [4.78, 5) is 63.5. The maximum absolute atomic E-state index is 14.4. The second-order valence-corrected chi connectivity index (χ2v) is 11.1. The zero-order valence-corrected chi connectivity index (χ0v) is 23.9. The minimum absolute atomic E-state index is 0.105. The number of nitrogens with one attached hydrogen (secondary N) is 2. The molecule has 4 amide bonds. The van der Waals surface area contributed by atoms with E-state index in [1.165, 1.54) is 36.4 Å². The van der Waals surface area contributed by atoms with E-state index in [4.69, 9.17) is 16.3 Å². The summed E-state index contributed by atoms with van der Waals surface area (Å²) in [6.45, 7) is 6.08. The summed E-state index contributed by atoms with van der Waals surface area (Å²) in [5.74, 6) is -3.66. The van der Waals surface area contributed by atoms with Crippen LogP contribution in [0.1, 0.15) is 68.1 Å². The quantitative estimate of drug-likeness (QED) is 0.257. The zero-order valence-electron chi connectivity index (χ0n) is 23.2. The molecule has 0 radical (unpaired) electrons. The molecule has 3 rings (SSSR count). The molecule has 2 aromatic rings. The van der Waals surface area contributed by atoms with Gasteiger partial charge in [-0.25, -0.2) is 14.0 Å². The lowest BCUT2D eigenvalue weighted by molar-refractivity contribution is -0.385. The Morgan fingerprint density at radius 3 is 2.59 bits per heavy atom. The van der Waals surface area contributed by atoms with Crippen molar-refractivity contribution in [3.05, 3.63) is 74.0 Å². The third kappa shape index (κ3) is 8.23. The minimum atomic E-state index is -0.945. The molecular weight excluding hydrogens is 559 g/mol. The van der Waals surface area contributed by atoms with E-state index in [9.17, 15) is 33.7 Å². The predicted molar refractivity (Wildman–Crippen MR) is 148 cm³/mol. The van der Waals surface area contributed by atoms with Crippen LogP contribution in [0.25, 0.3) is 0 Å². The molecule has 2 atom stereocenters. The highest BCUT2D eigenvalue weighted by Crippen LogP contribution is 2.29. The van der Waals surface area contributed by atoms with E-state index in [0.29, 0.717) is 18.4 Å². The largest absolute Gasteiger partial charge is 0.456 e. The predicted octanol–water partition coefficient (Wildman–Crippen LogP) is 4.71. The molecule has 0 saturated carbocycles. The number of benzene rings is 2. The molecule has 0 aliphatic carbocycles. The second kappa shape index (κ2) is 13.1. The van der Waals surface area contributed by atoms with E-state index in [2.05, 4.69) is 10.6 Å². The van der Waals surface area contributed by atoms with Crippen molar-refractivity contribution >= 4 is 41.1 Å². The van der Waals surface area contributed by atoms with Crippen molar-refractivity contribution in [2.45, 2.75) is 58.6 Å². The van der Waals surface area contributed by atoms with Crippen LogP contribution >= 0.6 is 11.6 Å². The Labute approximate surface area is 241 Å². The van der Waals surface area contributed by atoms with Gasteiger partial charge in [-0.2, -0.15) is 0 Å². The fourth-order valence-corrected chi connectivity index (χ4v) is 4.57. The summed E-state index contributed by atoms with van der Waals surface area (Å²) in [5, 5.41) is 17.4. The number of carbonyl (C=O) groups excluding carboxylic acids is 4. The van der Waals surface area contributed by atoms with Gasteiger partial charge in [0.1, 0.15) is 23.5 Å². The first-order valence-corrected chi connectivity index (χ1v) is 13.4. The molecular formula is C28H32ClFN4O7. The van der Waals surface area contributed by atoms with Crippen LogP contribution in [0.15, 0.2) is 36.4 Å². The average molecular weight is 591 g/mol. The van der Waals surface area contributed by atoms with Gasteiger partial charge < -0.3 is 15.4 Å². The normalized spacial score (nSPS) is 16.4. The van der Waals surface area contributed by atoms with Crippen LogP contribution in [-0.2, 0) is 20.7 Å². The molecule has 0 bridgehead atoms. The highest BCUT2D eigenvalue weighted by molar-refractivity contribution is 6.30. The first-order valence-electron chi connectivity index (χ1n) is 13.0. The van der Waals surface area contributed by atoms with E-state index < -0.39 is 64.3 Å². The van der Waals surface area contributed by atoms with E-state index in [0.717, 1.165) is 4.90 Å². The van der Waals surface area contributed by atoms with Gasteiger partial charge >= 0.3 is 12.0 Å². The molecule has 2 aromatic carbocycles. The number of nitro benzene ring substituents is 1. The topological polar surface area (TPSA) is 148 Å². The van der Waals surface area contributed by atoms with Crippen molar-refractivity contribution in [1.29, 1.82) is 0 Å². The summed E-state index contributed by atoms with van der Waals surface area (Å²) in [7, 11) is 0. The standard InChI is InChI=1S/C28H32ClFN4O7/c1-5-6-22(16-7-9-20(23(13-16)34(39)40)26(37)41-28(2,3)4)32-27(38)33-15-24(35)31-14-18(25(33)36)11-17-12-19(29)8-10-21(17)30/h7-10,12-13,18,22H,5-6,11,14-15H2,1-4H3,(H,31,35)(H,32,38)/t18-,22+/m0/s1. The summed E-state index contributed by atoms with van der Waals surface area (Å²) in [6.07, 6.45) is 0.781. The average Bonchev–Trinajstić information content (AvgIpc) is 3.02. The van der Waals surface area contributed by atoms with Crippen LogP contribution in [-0.4, -0.2) is 52.3 Å². The lowest BCUT2D eigenvalue weighted by atomic mass is 9.97. The number of hydrogen-bond acceptors (Lipinski definition) is 7. The summed E-state index contributed by atoms with van der Waals surface area (Å²) in [5.41, 5.74) is -1.13. The Balaban J connectivity index is 1.87. The van der Waals surface area contributed by atoms with Gasteiger partial charge in [-0.15, -0.1) is 0 Å². The van der Waals surface area contributed by atoms with Crippen molar-refractivity contribution in [2.24, 2.45) is 5.92 Å². The minimum Gasteiger partial charge on any atom is -0.456 e. The maximum Gasteiger partial charge on any atom is 0.345 e. The second-order valence-electron chi connectivity index (χ2n) is 10.7. The Morgan fingerprint density at radius 1 is 1.24 bits per heavy atom. The highest BCUT2D eigenvalue weighted by atomic mass is 35.5. The SMILES string of the molecule is CCC[C@@H](NC(=O)N1CC(=O)NC[C@H](Cc2cc(Cl)ccc2F)C1=O)c1ccc(C(=O)OC(C)(C)C)c([N+](=O)[O-])c1.